The molecular weight excluding hydrogens is 288 g/mol. The first-order chi connectivity index (χ1) is 9.87. The van der Waals surface area contributed by atoms with Crippen molar-refractivity contribution in [2.75, 3.05) is 4.72 Å². The number of rotatable bonds is 6. The van der Waals surface area contributed by atoms with Crippen LogP contribution in [0, 0.1) is 0 Å². The van der Waals surface area contributed by atoms with Crippen LogP contribution in [-0.2, 0) is 23.6 Å². The standard InChI is InChI=1S/C14H20N4O2S/c1-11(2)15-10-12-5-4-6-13(9-12)21(19,20)17-14-7-8-18(3)16-14/h4-9,11,15H,10H2,1-3H3,(H,16,17). The van der Waals surface area contributed by atoms with Gasteiger partial charge in [-0.15, -0.1) is 0 Å². The van der Waals surface area contributed by atoms with Crippen LogP contribution < -0.4 is 10.0 Å². The number of nitrogens with zero attached hydrogens (tertiary/aromatic N) is 2. The molecule has 0 aliphatic carbocycles. The molecule has 7 heteroatoms. The Balaban J connectivity index is 2.17. The van der Waals surface area contributed by atoms with Crippen LogP contribution in [0.1, 0.15) is 19.4 Å². The largest absolute Gasteiger partial charge is 0.310 e. The van der Waals surface area contributed by atoms with Gasteiger partial charge in [-0.2, -0.15) is 5.10 Å². The molecule has 1 heterocycles. The minimum atomic E-state index is -3.61. The average molecular weight is 308 g/mol. The third-order valence-electron chi connectivity index (χ3n) is 2.88. The predicted molar refractivity (Wildman–Crippen MR) is 82.4 cm³/mol. The lowest BCUT2D eigenvalue weighted by Gasteiger charge is -2.10. The Morgan fingerprint density at radius 3 is 2.67 bits per heavy atom. The second-order valence-electron chi connectivity index (χ2n) is 5.16. The lowest BCUT2D eigenvalue weighted by molar-refractivity contribution is 0.587. The van der Waals surface area contributed by atoms with Crippen LogP contribution in [0.25, 0.3) is 0 Å². The van der Waals surface area contributed by atoms with Crippen LogP contribution in [0.15, 0.2) is 41.4 Å². The lowest BCUT2D eigenvalue weighted by Crippen LogP contribution is -2.22. The van der Waals surface area contributed by atoms with E-state index in [4.69, 9.17) is 0 Å². The summed E-state index contributed by atoms with van der Waals surface area (Å²) < 4.78 is 28.7. The van der Waals surface area contributed by atoms with Crippen molar-refractivity contribution in [2.45, 2.75) is 31.3 Å². The molecule has 1 aromatic carbocycles. The van der Waals surface area contributed by atoms with Gasteiger partial charge in [0.2, 0.25) is 0 Å². The molecule has 2 N–H and O–H groups in total. The first kappa shape index (κ1) is 15.5. The summed E-state index contributed by atoms with van der Waals surface area (Å²) in [6, 6.07) is 8.84. The van der Waals surface area contributed by atoms with Crippen molar-refractivity contribution in [2.24, 2.45) is 7.05 Å². The molecule has 21 heavy (non-hydrogen) atoms. The van der Waals surface area contributed by atoms with Gasteiger partial charge in [-0.1, -0.05) is 26.0 Å². The van der Waals surface area contributed by atoms with Crippen LogP contribution in [0.4, 0.5) is 5.82 Å². The number of sulfonamides is 1. The third-order valence-corrected chi connectivity index (χ3v) is 4.23. The lowest BCUT2D eigenvalue weighted by atomic mass is 10.2. The van der Waals surface area contributed by atoms with Gasteiger partial charge in [-0.05, 0) is 17.7 Å². The van der Waals surface area contributed by atoms with E-state index in [0.29, 0.717) is 18.4 Å². The molecule has 0 aliphatic rings. The smallest absolute Gasteiger partial charge is 0.263 e. The maximum atomic E-state index is 12.3. The first-order valence-electron chi connectivity index (χ1n) is 6.71. The second kappa shape index (κ2) is 6.28. The summed E-state index contributed by atoms with van der Waals surface area (Å²) in [7, 11) is -1.88. The van der Waals surface area contributed by atoms with Crippen molar-refractivity contribution in [3.05, 3.63) is 42.1 Å². The molecule has 0 saturated heterocycles. The highest BCUT2D eigenvalue weighted by molar-refractivity contribution is 7.92. The molecule has 0 fully saturated rings. The summed E-state index contributed by atoms with van der Waals surface area (Å²) in [5, 5.41) is 7.28. The Hall–Kier alpha value is -1.86. The Morgan fingerprint density at radius 2 is 2.05 bits per heavy atom. The predicted octanol–water partition coefficient (Wildman–Crippen LogP) is 1.72. The number of benzene rings is 1. The summed E-state index contributed by atoms with van der Waals surface area (Å²) in [6.07, 6.45) is 1.68. The molecular formula is C14H20N4O2S. The highest BCUT2D eigenvalue weighted by atomic mass is 32.2. The molecule has 1 aromatic heterocycles. The van der Waals surface area contributed by atoms with E-state index in [1.807, 2.05) is 19.9 Å². The molecule has 2 aromatic rings. The Labute approximate surface area is 125 Å². The fourth-order valence-electron chi connectivity index (χ4n) is 1.81. The van der Waals surface area contributed by atoms with Gasteiger partial charge in [0.15, 0.2) is 5.82 Å². The molecule has 6 nitrogen and oxygen atoms in total. The van der Waals surface area contributed by atoms with E-state index in [2.05, 4.69) is 15.1 Å². The fraction of sp³-hybridized carbons (Fsp3) is 0.357. The fourth-order valence-corrected chi connectivity index (χ4v) is 2.88. The number of hydrogen-bond acceptors (Lipinski definition) is 4. The van der Waals surface area contributed by atoms with Crippen LogP contribution in [-0.4, -0.2) is 24.2 Å². The Morgan fingerprint density at radius 1 is 1.29 bits per heavy atom. The normalized spacial score (nSPS) is 11.8. The quantitative estimate of drug-likeness (QED) is 0.852. The van der Waals surface area contributed by atoms with E-state index >= 15 is 0 Å². The zero-order chi connectivity index (χ0) is 15.5. The van der Waals surface area contributed by atoms with Gasteiger partial charge in [-0.25, -0.2) is 8.42 Å². The molecule has 114 valence electrons. The molecule has 2 rings (SSSR count). The van der Waals surface area contributed by atoms with Crippen molar-refractivity contribution >= 4 is 15.8 Å². The van der Waals surface area contributed by atoms with Gasteiger partial charge < -0.3 is 5.32 Å². The maximum absolute atomic E-state index is 12.3. The third kappa shape index (κ3) is 4.30. The van der Waals surface area contributed by atoms with E-state index in [1.165, 1.54) is 0 Å². The van der Waals surface area contributed by atoms with E-state index in [9.17, 15) is 8.42 Å². The van der Waals surface area contributed by atoms with E-state index in [1.54, 1.807) is 42.2 Å². The Kier molecular flexibility index (Phi) is 4.64. The minimum Gasteiger partial charge on any atom is -0.310 e. The van der Waals surface area contributed by atoms with Crippen molar-refractivity contribution in [1.29, 1.82) is 0 Å². The number of nitrogens with one attached hydrogen (secondary N) is 2. The minimum absolute atomic E-state index is 0.233. The second-order valence-corrected chi connectivity index (χ2v) is 6.85. The molecule has 0 unspecified atom stereocenters. The zero-order valence-electron chi connectivity index (χ0n) is 12.4. The zero-order valence-corrected chi connectivity index (χ0v) is 13.2. The van der Waals surface area contributed by atoms with Gasteiger partial charge in [-0.3, -0.25) is 9.40 Å². The van der Waals surface area contributed by atoms with Crippen LogP contribution in [0.5, 0.6) is 0 Å². The van der Waals surface area contributed by atoms with Gasteiger partial charge in [0.05, 0.1) is 4.90 Å². The number of hydrogen-bond donors (Lipinski definition) is 2. The Bertz CT molecular complexity index is 707. The summed E-state index contributed by atoms with van der Waals surface area (Å²) in [5.74, 6) is 0.309. The van der Waals surface area contributed by atoms with Crippen molar-refractivity contribution < 1.29 is 8.42 Å². The molecule has 0 radical (unpaired) electrons. The topological polar surface area (TPSA) is 76.0 Å². The molecule has 0 saturated carbocycles. The first-order valence-corrected chi connectivity index (χ1v) is 8.20. The SMILES string of the molecule is CC(C)NCc1cccc(S(=O)(=O)Nc2ccn(C)n2)c1. The van der Waals surface area contributed by atoms with E-state index in [-0.39, 0.29) is 4.90 Å². The van der Waals surface area contributed by atoms with Gasteiger partial charge in [0.1, 0.15) is 0 Å². The van der Waals surface area contributed by atoms with Gasteiger partial charge in [0.25, 0.3) is 10.0 Å². The average Bonchev–Trinajstić information content (AvgIpc) is 2.81. The van der Waals surface area contributed by atoms with Crippen LogP contribution in [0.3, 0.4) is 0 Å². The monoisotopic (exact) mass is 308 g/mol. The molecule has 0 amide bonds. The summed E-state index contributed by atoms with van der Waals surface area (Å²) in [5.41, 5.74) is 0.924. The van der Waals surface area contributed by atoms with E-state index < -0.39 is 10.0 Å². The highest BCUT2D eigenvalue weighted by Gasteiger charge is 2.15. The van der Waals surface area contributed by atoms with Crippen LogP contribution >= 0.6 is 0 Å². The van der Waals surface area contributed by atoms with Crippen molar-refractivity contribution in [3.8, 4) is 0 Å². The molecule has 0 spiro atoms. The number of aromatic nitrogens is 2. The van der Waals surface area contributed by atoms with Crippen molar-refractivity contribution in [3.63, 3.8) is 0 Å². The highest BCUT2D eigenvalue weighted by Crippen LogP contribution is 2.15. The number of aryl methyl sites for hydroxylation is 1. The van der Waals surface area contributed by atoms with Gasteiger partial charge in [0, 0.05) is 31.9 Å². The summed E-state index contributed by atoms with van der Waals surface area (Å²) in [6.45, 7) is 4.72. The summed E-state index contributed by atoms with van der Waals surface area (Å²) in [4.78, 5) is 0.233. The van der Waals surface area contributed by atoms with Crippen LogP contribution in [0.2, 0.25) is 0 Å². The molecule has 0 bridgehead atoms. The number of anilines is 1. The molecule has 0 atom stereocenters. The van der Waals surface area contributed by atoms with Gasteiger partial charge >= 0.3 is 0 Å². The van der Waals surface area contributed by atoms with E-state index in [0.717, 1.165) is 5.56 Å². The van der Waals surface area contributed by atoms with Crippen molar-refractivity contribution in [1.82, 2.24) is 15.1 Å². The summed E-state index contributed by atoms with van der Waals surface area (Å²) >= 11 is 0. The molecule has 0 aliphatic heterocycles. The maximum Gasteiger partial charge on any atom is 0.263 e.